The van der Waals surface area contributed by atoms with Gasteiger partial charge in [0.15, 0.2) is 0 Å². The number of nitrogens with zero attached hydrogens (tertiary/aromatic N) is 6. The highest BCUT2D eigenvalue weighted by molar-refractivity contribution is 5.88. The summed E-state index contributed by atoms with van der Waals surface area (Å²) >= 11 is 0. The van der Waals surface area contributed by atoms with E-state index in [1.807, 2.05) is 43.9 Å². The van der Waals surface area contributed by atoms with E-state index in [-0.39, 0.29) is 30.2 Å². The molecule has 3 aromatic heterocycles. The third kappa shape index (κ3) is 7.25. The number of anilines is 1. The summed E-state index contributed by atoms with van der Waals surface area (Å²) in [5.74, 6) is 1.09. The maximum absolute atomic E-state index is 14.2. The highest BCUT2D eigenvalue weighted by atomic mass is 16.2. The molecule has 0 aromatic carbocycles. The van der Waals surface area contributed by atoms with Crippen molar-refractivity contribution in [1.82, 2.24) is 34.8 Å². The van der Waals surface area contributed by atoms with E-state index in [1.54, 1.807) is 4.52 Å². The number of carbonyl (C=O) groups excluding carboxylic acids is 2. The Morgan fingerprint density at radius 2 is 1.74 bits per heavy atom. The molecule has 2 aliphatic carbocycles. The van der Waals surface area contributed by atoms with Crippen molar-refractivity contribution in [2.24, 2.45) is 5.92 Å². The Bertz CT molecular complexity index is 1390. The molecule has 0 radical (unpaired) electrons. The number of hydrogen-bond acceptors (Lipinski definition) is 7. The largest absolute Gasteiger partial charge is 0.366 e. The van der Waals surface area contributed by atoms with Crippen LogP contribution in [-0.2, 0) is 22.4 Å². The van der Waals surface area contributed by atoms with E-state index in [0.29, 0.717) is 31.1 Å². The van der Waals surface area contributed by atoms with Gasteiger partial charge in [0, 0.05) is 48.2 Å². The summed E-state index contributed by atoms with van der Waals surface area (Å²) in [5.41, 5.74) is 10.4. The van der Waals surface area contributed by atoms with Crippen LogP contribution in [0.3, 0.4) is 0 Å². The summed E-state index contributed by atoms with van der Waals surface area (Å²) in [6.07, 6.45) is 12.3. The third-order valence-electron chi connectivity index (χ3n) is 9.19. The van der Waals surface area contributed by atoms with Crippen molar-refractivity contribution >= 4 is 23.5 Å². The number of rotatable bonds is 11. The molecule has 5 rings (SSSR count). The molecule has 3 N–H and O–H groups in total. The average molecular weight is 575 g/mol. The molecule has 3 aromatic rings. The molecule has 2 fully saturated rings. The second-order valence-corrected chi connectivity index (χ2v) is 12.3. The maximum atomic E-state index is 14.2. The fraction of sp³-hybridized carbons (Fsp3) is 0.625. The number of nitrogens with two attached hydrogens (primary N) is 1. The van der Waals surface area contributed by atoms with Crippen LogP contribution in [-0.4, -0.2) is 59.9 Å². The van der Waals surface area contributed by atoms with Gasteiger partial charge in [-0.2, -0.15) is 9.50 Å². The molecular formula is C32H46N8O2. The molecule has 0 aliphatic heterocycles. The Hall–Kier alpha value is -3.56. The lowest BCUT2D eigenvalue weighted by Gasteiger charge is -2.35. The smallest absolute Gasteiger partial charge is 0.254 e. The van der Waals surface area contributed by atoms with E-state index in [2.05, 4.69) is 25.4 Å². The lowest BCUT2D eigenvalue weighted by molar-refractivity contribution is -0.141. The zero-order chi connectivity index (χ0) is 29.6. The van der Waals surface area contributed by atoms with Crippen LogP contribution in [0.2, 0.25) is 0 Å². The van der Waals surface area contributed by atoms with Gasteiger partial charge in [-0.3, -0.25) is 14.6 Å². The maximum Gasteiger partial charge on any atom is 0.254 e. The van der Waals surface area contributed by atoms with Gasteiger partial charge in [0.05, 0.1) is 0 Å². The van der Waals surface area contributed by atoms with E-state index < -0.39 is 6.04 Å². The van der Waals surface area contributed by atoms with Gasteiger partial charge in [0.25, 0.3) is 5.78 Å². The Morgan fingerprint density at radius 1 is 1.00 bits per heavy atom. The van der Waals surface area contributed by atoms with Crippen molar-refractivity contribution < 1.29 is 9.59 Å². The Balaban J connectivity index is 1.40. The van der Waals surface area contributed by atoms with E-state index in [0.717, 1.165) is 73.3 Å². The molecule has 0 spiro atoms. The molecule has 2 aliphatic rings. The van der Waals surface area contributed by atoms with E-state index in [9.17, 15) is 9.59 Å². The van der Waals surface area contributed by atoms with Crippen molar-refractivity contribution in [2.45, 2.75) is 116 Å². The van der Waals surface area contributed by atoms with Crippen LogP contribution in [0.15, 0.2) is 18.2 Å². The normalized spacial score (nSPS) is 17.0. The SMILES string of the molecule is Cc1cccc(CCN(C(=O)CCc2c(C)nc3nc(N)nn3c2C)C(CC2CCCCC2)C(=O)NC2CCCC2)n1. The van der Waals surface area contributed by atoms with Gasteiger partial charge in [0.2, 0.25) is 17.8 Å². The predicted octanol–water partition coefficient (Wildman–Crippen LogP) is 4.43. The quantitative estimate of drug-likeness (QED) is 0.346. The highest BCUT2D eigenvalue weighted by Gasteiger charge is 2.34. The third-order valence-corrected chi connectivity index (χ3v) is 9.19. The van der Waals surface area contributed by atoms with Gasteiger partial charge in [-0.1, -0.05) is 51.0 Å². The zero-order valence-corrected chi connectivity index (χ0v) is 25.4. The summed E-state index contributed by atoms with van der Waals surface area (Å²) in [6, 6.07) is 5.71. The van der Waals surface area contributed by atoms with Crippen LogP contribution in [0, 0.1) is 26.7 Å². The van der Waals surface area contributed by atoms with Gasteiger partial charge in [-0.25, -0.2) is 4.98 Å². The molecule has 1 unspecified atom stereocenters. The van der Waals surface area contributed by atoms with E-state index in [4.69, 9.17) is 5.73 Å². The highest BCUT2D eigenvalue weighted by Crippen LogP contribution is 2.30. The van der Waals surface area contributed by atoms with Crippen LogP contribution in [0.4, 0.5) is 5.95 Å². The van der Waals surface area contributed by atoms with Gasteiger partial charge < -0.3 is 16.0 Å². The van der Waals surface area contributed by atoms with E-state index in [1.165, 1.54) is 19.3 Å². The molecule has 2 amide bonds. The first kappa shape index (κ1) is 29.9. The molecule has 226 valence electrons. The summed E-state index contributed by atoms with van der Waals surface area (Å²) in [6.45, 7) is 6.32. The average Bonchev–Trinajstić information content (AvgIpc) is 3.62. The van der Waals surface area contributed by atoms with Gasteiger partial charge >= 0.3 is 0 Å². The van der Waals surface area contributed by atoms with E-state index >= 15 is 0 Å². The topological polar surface area (TPSA) is 131 Å². The van der Waals surface area contributed by atoms with Crippen LogP contribution in [0.25, 0.3) is 5.78 Å². The van der Waals surface area contributed by atoms with Crippen molar-refractivity contribution in [3.63, 3.8) is 0 Å². The number of nitrogens with one attached hydrogen (secondary N) is 1. The summed E-state index contributed by atoms with van der Waals surface area (Å²) in [4.78, 5) is 43.4. The first-order chi connectivity index (χ1) is 20.3. The molecule has 10 heteroatoms. The second kappa shape index (κ2) is 13.6. The van der Waals surface area contributed by atoms with Gasteiger partial charge in [-0.15, -0.1) is 5.10 Å². The Kier molecular flexibility index (Phi) is 9.69. The zero-order valence-electron chi connectivity index (χ0n) is 25.4. The number of aromatic nitrogens is 5. The minimum absolute atomic E-state index is 0.00608. The summed E-state index contributed by atoms with van der Waals surface area (Å²) in [5, 5.41) is 7.61. The van der Waals surface area contributed by atoms with Crippen molar-refractivity contribution in [3.8, 4) is 0 Å². The van der Waals surface area contributed by atoms with Gasteiger partial charge in [0.1, 0.15) is 6.04 Å². The molecule has 2 saturated carbocycles. The van der Waals surface area contributed by atoms with Crippen molar-refractivity contribution in [1.29, 1.82) is 0 Å². The molecule has 3 heterocycles. The fourth-order valence-electron chi connectivity index (χ4n) is 6.87. The van der Waals surface area contributed by atoms with Crippen molar-refractivity contribution in [2.75, 3.05) is 12.3 Å². The molecule has 0 saturated heterocycles. The Morgan fingerprint density at radius 3 is 2.48 bits per heavy atom. The number of nitrogen functional groups attached to an aromatic ring is 1. The van der Waals surface area contributed by atoms with Crippen LogP contribution >= 0.6 is 0 Å². The molecule has 42 heavy (non-hydrogen) atoms. The number of aryl methyl sites for hydroxylation is 3. The molecular weight excluding hydrogens is 528 g/mol. The summed E-state index contributed by atoms with van der Waals surface area (Å²) in [7, 11) is 0. The number of hydrogen-bond donors (Lipinski definition) is 2. The van der Waals surface area contributed by atoms with Crippen molar-refractivity contribution in [3.05, 3.63) is 46.5 Å². The monoisotopic (exact) mass is 574 g/mol. The first-order valence-corrected chi connectivity index (χ1v) is 15.8. The lowest BCUT2D eigenvalue weighted by atomic mass is 9.84. The van der Waals surface area contributed by atoms with Gasteiger partial charge in [-0.05, 0) is 70.1 Å². The molecule has 0 bridgehead atoms. The number of amides is 2. The lowest BCUT2D eigenvalue weighted by Crippen LogP contribution is -2.53. The fourth-order valence-corrected chi connectivity index (χ4v) is 6.87. The first-order valence-electron chi connectivity index (χ1n) is 15.8. The standard InChI is InChI=1S/C32H46N8O2/c1-21-10-9-15-26(34-21)18-19-39(28(20-24-11-5-4-6-12-24)30(42)36-25-13-7-8-14-25)29(41)17-16-27-22(2)35-32-37-31(33)38-40(32)23(27)3/h9-10,15,24-25,28H,4-8,11-14,16-20H2,1-3H3,(H2,33,38)(H,36,42). The predicted molar refractivity (Wildman–Crippen MR) is 163 cm³/mol. The summed E-state index contributed by atoms with van der Waals surface area (Å²) < 4.78 is 1.64. The van der Waals surface area contributed by atoms with Crippen LogP contribution in [0.1, 0.15) is 99.0 Å². The molecule has 10 nitrogen and oxygen atoms in total. The van der Waals surface area contributed by atoms with Crippen LogP contribution < -0.4 is 11.1 Å². The number of pyridine rings is 1. The minimum atomic E-state index is -0.482. The minimum Gasteiger partial charge on any atom is -0.366 e. The number of carbonyl (C=O) groups is 2. The number of fused-ring (bicyclic) bond motifs is 1. The molecule has 1 atom stereocenters. The second-order valence-electron chi connectivity index (χ2n) is 12.3. The Labute approximate surface area is 248 Å². The van der Waals surface area contributed by atoms with Crippen LogP contribution in [0.5, 0.6) is 0 Å².